The van der Waals surface area contributed by atoms with Crippen LogP contribution >= 0.6 is 23.1 Å². The van der Waals surface area contributed by atoms with Crippen molar-refractivity contribution < 1.29 is 14.6 Å². The topological polar surface area (TPSA) is 72.3 Å². The van der Waals surface area contributed by atoms with E-state index in [1.807, 2.05) is 6.92 Å². The first-order valence-electron chi connectivity index (χ1n) is 9.35. The molecule has 2 heterocycles. The third-order valence-corrected chi connectivity index (χ3v) is 7.06. The van der Waals surface area contributed by atoms with Gasteiger partial charge in [-0.2, -0.15) is 0 Å². The molecule has 0 saturated heterocycles. The average molecular weight is 415 g/mol. The number of rotatable bonds is 7. The number of hydrogen-bond acceptors (Lipinski definition) is 7. The molecule has 1 aliphatic carbocycles. The average Bonchev–Trinajstić information content (AvgIpc) is 3.25. The summed E-state index contributed by atoms with van der Waals surface area (Å²) in [6, 6.07) is 6.97. The van der Waals surface area contributed by atoms with Crippen molar-refractivity contribution in [3.05, 3.63) is 46.1 Å². The number of nitrogens with zero attached hydrogens (tertiary/aromatic N) is 2. The molecular formula is C21H22N2O3S2. The molecule has 0 amide bonds. The highest BCUT2D eigenvalue weighted by atomic mass is 32.2. The first kappa shape index (κ1) is 19.4. The molecule has 1 aliphatic rings. The predicted octanol–water partition coefficient (Wildman–Crippen LogP) is 4.22. The fraction of sp³-hybridized carbons (Fsp3) is 0.381. The Morgan fingerprint density at radius 3 is 2.82 bits per heavy atom. The maximum atomic E-state index is 11.3. The Morgan fingerprint density at radius 2 is 2.07 bits per heavy atom. The van der Waals surface area contributed by atoms with Gasteiger partial charge in [0.1, 0.15) is 28.0 Å². The Labute approximate surface area is 172 Å². The smallest absolute Gasteiger partial charge is 0.159 e. The van der Waals surface area contributed by atoms with Crippen LogP contribution in [0.1, 0.15) is 40.0 Å². The van der Waals surface area contributed by atoms with Gasteiger partial charge in [0.25, 0.3) is 0 Å². The van der Waals surface area contributed by atoms with E-state index in [0.29, 0.717) is 17.1 Å². The van der Waals surface area contributed by atoms with E-state index in [4.69, 9.17) is 4.74 Å². The van der Waals surface area contributed by atoms with Crippen LogP contribution in [-0.4, -0.2) is 39.3 Å². The van der Waals surface area contributed by atoms with E-state index in [9.17, 15) is 9.90 Å². The van der Waals surface area contributed by atoms with Crippen LogP contribution in [0.3, 0.4) is 0 Å². The number of aliphatic hydroxyl groups is 1. The number of carbonyl (C=O) groups excluding carboxylic acids is 1. The monoisotopic (exact) mass is 414 g/mol. The molecule has 3 aromatic rings. The van der Waals surface area contributed by atoms with Crippen molar-refractivity contribution in [2.45, 2.75) is 44.2 Å². The summed E-state index contributed by atoms with van der Waals surface area (Å²) in [5, 5.41) is 12.5. The molecular weight excluding hydrogens is 392 g/mol. The molecule has 0 fully saturated rings. The number of ketones is 1. The fourth-order valence-electron chi connectivity index (χ4n) is 3.37. The molecule has 0 spiro atoms. The molecule has 1 atom stereocenters. The molecule has 28 heavy (non-hydrogen) atoms. The number of aromatic nitrogens is 2. The Kier molecular flexibility index (Phi) is 5.66. The Morgan fingerprint density at radius 1 is 1.29 bits per heavy atom. The summed E-state index contributed by atoms with van der Waals surface area (Å²) < 4.78 is 5.66. The summed E-state index contributed by atoms with van der Waals surface area (Å²) in [7, 11) is 0. The maximum absolute atomic E-state index is 11.3. The van der Waals surface area contributed by atoms with E-state index in [1.54, 1.807) is 47.4 Å². The van der Waals surface area contributed by atoms with Crippen LogP contribution in [0.5, 0.6) is 5.75 Å². The van der Waals surface area contributed by atoms with E-state index >= 15 is 0 Å². The number of fused-ring (bicyclic) bond motifs is 3. The Balaban J connectivity index is 1.39. The first-order chi connectivity index (χ1) is 13.5. The van der Waals surface area contributed by atoms with Crippen LogP contribution in [0, 0.1) is 6.92 Å². The summed E-state index contributed by atoms with van der Waals surface area (Å²) in [4.78, 5) is 23.1. The Hall–Kier alpha value is -1.96. The molecule has 5 nitrogen and oxygen atoms in total. The van der Waals surface area contributed by atoms with Gasteiger partial charge in [0.15, 0.2) is 5.78 Å². The van der Waals surface area contributed by atoms with Crippen molar-refractivity contribution >= 4 is 39.1 Å². The van der Waals surface area contributed by atoms with Crippen molar-refractivity contribution in [3.63, 3.8) is 0 Å². The number of hydrogen-bond donors (Lipinski definition) is 1. The van der Waals surface area contributed by atoms with Crippen LogP contribution < -0.4 is 4.74 Å². The summed E-state index contributed by atoms with van der Waals surface area (Å²) in [6.45, 7) is 3.64. The summed E-state index contributed by atoms with van der Waals surface area (Å²) in [5.41, 5.74) is 2.05. The van der Waals surface area contributed by atoms with Gasteiger partial charge in [0, 0.05) is 21.6 Å². The van der Waals surface area contributed by atoms with Gasteiger partial charge in [0.05, 0.1) is 6.10 Å². The number of benzene rings is 1. The van der Waals surface area contributed by atoms with Gasteiger partial charge in [-0.05, 0) is 62.9 Å². The number of thiophene rings is 1. The number of ether oxygens (including phenoxy) is 1. The highest BCUT2D eigenvalue weighted by Gasteiger charge is 2.22. The second-order valence-corrected chi connectivity index (χ2v) is 9.06. The van der Waals surface area contributed by atoms with Gasteiger partial charge < -0.3 is 9.84 Å². The van der Waals surface area contributed by atoms with E-state index in [0.717, 1.165) is 28.5 Å². The Bertz CT molecular complexity index is 1010. The highest BCUT2D eigenvalue weighted by molar-refractivity contribution is 7.99. The van der Waals surface area contributed by atoms with Gasteiger partial charge in [-0.25, -0.2) is 9.97 Å². The van der Waals surface area contributed by atoms with E-state index in [-0.39, 0.29) is 12.4 Å². The second-order valence-electron chi connectivity index (χ2n) is 6.97. The molecule has 4 rings (SSSR count). The van der Waals surface area contributed by atoms with Crippen LogP contribution in [0.15, 0.2) is 29.3 Å². The number of aryl methyl sites for hydroxylation is 3. The maximum Gasteiger partial charge on any atom is 0.159 e. The summed E-state index contributed by atoms with van der Waals surface area (Å²) in [5.74, 6) is 1.94. The van der Waals surface area contributed by atoms with E-state index < -0.39 is 6.10 Å². The molecule has 0 saturated carbocycles. The highest BCUT2D eigenvalue weighted by Crippen LogP contribution is 2.40. The zero-order valence-corrected chi connectivity index (χ0v) is 17.5. The second kappa shape index (κ2) is 8.19. The largest absolute Gasteiger partial charge is 0.491 e. The molecule has 0 bridgehead atoms. The molecule has 146 valence electrons. The SMILES string of the molecule is CC(=O)c1ccc(OC[C@H](O)CSc2nc(C)nc3sc4c(c23)CCC4)cc1. The number of Topliss-reactive ketones (excluding diaryl/α,β-unsaturated/α-hetero) is 1. The van der Waals surface area contributed by atoms with E-state index in [2.05, 4.69) is 9.97 Å². The summed E-state index contributed by atoms with van der Waals surface area (Å²) in [6.07, 6.45) is 2.82. The van der Waals surface area contributed by atoms with Gasteiger partial charge in [-0.1, -0.05) is 0 Å². The molecule has 1 N–H and O–H groups in total. The minimum atomic E-state index is -0.616. The summed E-state index contributed by atoms with van der Waals surface area (Å²) >= 11 is 3.35. The van der Waals surface area contributed by atoms with Gasteiger partial charge >= 0.3 is 0 Å². The van der Waals surface area contributed by atoms with Crippen molar-refractivity contribution in [1.29, 1.82) is 0 Å². The number of aliphatic hydroxyl groups excluding tert-OH is 1. The molecule has 7 heteroatoms. The third-order valence-electron chi connectivity index (χ3n) is 4.76. The molecule has 1 aromatic carbocycles. The molecule has 0 unspecified atom stereocenters. The third kappa shape index (κ3) is 4.06. The van der Waals surface area contributed by atoms with Gasteiger partial charge in [-0.15, -0.1) is 23.1 Å². The zero-order valence-electron chi connectivity index (χ0n) is 15.9. The first-order valence-corrected chi connectivity index (χ1v) is 11.1. The van der Waals surface area contributed by atoms with Crippen LogP contribution in [0.2, 0.25) is 0 Å². The van der Waals surface area contributed by atoms with Crippen LogP contribution in [-0.2, 0) is 12.8 Å². The lowest BCUT2D eigenvalue weighted by molar-refractivity contribution is 0.101. The predicted molar refractivity (Wildman–Crippen MR) is 113 cm³/mol. The number of carbonyl (C=O) groups is 1. The quantitative estimate of drug-likeness (QED) is 0.354. The molecule has 0 aliphatic heterocycles. The molecule has 2 aromatic heterocycles. The zero-order chi connectivity index (χ0) is 19.7. The lowest BCUT2D eigenvalue weighted by Gasteiger charge is -2.13. The van der Waals surface area contributed by atoms with Gasteiger partial charge in [0.2, 0.25) is 0 Å². The minimum absolute atomic E-state index is 0.0226. The van der Waals surface area contributed by atoms with E-state index in [1.165, 1.54) is 29.2 Å². The van der Waals surface area contributed by atoms with Crippen molar-refractivity contribution in [2.75, 3.05) is 12.4 Å². The lowest BCUT2D eigenvalue weighted by atomic mass is 10.1. The van der Waals surface area contributed by atoms with Crippen LogP contribution in [0.25, 0.3) is 10.2 Å². The lowest BCUT2D eigenvalue weighted by Crippen LogP contribution is -2.20. The van der Waals surface area contributed by atoms with Crippen molar-refractivity contribution in [2.24, 2.45) is 0 Å². The van der Waals surface area contributed by atoms with Crippen molar-refractivity contribution in [3.8, 4) is 5.75 Å². The standard InChI is InChI=1S/C21H22N2O3S2/c1-12(24)14-6-8-16(9-7-14)26-10-15(25)11-27-20-19-17-4-3-5-18(17)28-21(19)23-13(2)22-20/h6-9,15,25H,3-5,10-11H2,1-2H3/t15-/m0/s1. The normalized spacial score (nSPS) is 14.2. The fourth-order valence-corrected chi connectivity index (χ4v) is 5.75. The number of thioether (sulfide) groups is 1. The minimum Gasteiger partial charge on any atom is -0.491 e. The van der Waals surface area contributed by atoms with Gasteiger partial charge in [-0.3, -0.25) is 4.79 Å². The van der Waals surface area contributed by atoms with Crippen molar-refractivity contribution in [1.82, 2.24) is 9.97 Å². The molecule has 0 radical (unpaired) electrons. The van der Waals surface area contributed by atoms with Crippen LogP contribution in [0.4, 0.5) is 0 Å².